The molecule has 1 aliphatic heterocycles. The molecule has 17 heavy (non-hydrogen) atoms. The summed E-state index contributed by atoms with van der Waals surface area (Å²) in [7, 11) is 0. The molecule has 0 aromatic carbocycles. The quantitative estimate of drug-likeness (QED) is 0.835. The van der Waals surface area contributed by atoms with E-state index in [-0.39, 0.29) is 17.0 Å². The van der Waals surface area contributed by atoms with Crippen LogP contribution in [0.25, 0.3) is 4.96 Å². The van der Waals surface area contributed by atoms with Crippen LogP contribution in [-0.2, 0) is 6.54 Å². The van der Waals surface area contributed by atoms with Gasteiger partial charge in [-0.25, -0.2) is 4.98 Å². The highest BCUT2D eigenvalue weighted by Gasteiger charge is 2.16. The molecule has 1 saturated heterocycles. The van der Waals surface area contributed by atoms with E-state index in [0.29, 0.717) is 0 Å². The van der Waals surface area contributed by atoms with E-state index in [1.54, 1.807) is 11.3 Å². The highest BCUT2D eigenvalue weighted by Crippen LogP contribution is 2.23. The molecule has 3 heterocycles. The van der Waals surface area contributed by atoms with E-state index in [0.717, 1.165) is 22.4 Å². The minimum Gasteiger partial charge on any atom is -0.297 e. The Hall–Kier alpha value is -0.100. The molecule has 0 spiro atoms. The second-order valence-electron chi connectivity index (χ2n) is 4.24. The van der Waals surface area contributed by atoms with Crippen molar-refractivity contribution in [3.05, 3.63) is 22.4 Å². The molecule has 94 valence electrons. The van der Waals surface area contributed by atoms with Crippen molar-refractivity contribution >= 4 is 44.9 Å². The van der Waals surface area contributed by atoms with E-state index in [4.69, 9.17) is 11.6 Å². The molecule has 0 N–H and O–H groups in total. The van der Waals surface area contributed by atoms with Crippen molar-refractivity contribution in [2.75, 3.05) is 13.1 Å². The van der Waals surface area contributed by atoms with Crippen LogP contribution >= 0.6 is 39.9 Å². The zero-order valence-electron chi connectivity index (χ0n) is 9.43. The summed E-state index contributed by atoms with van der Waals surface area (Å²) in [5.41, 5.74) is 1.02. The molecule has 6 heteroatoms. The minimum atomic E-state index is 0. The van der Waals surface area contributed by atoms with E-state index in [1.165, 1.54) is 32.4 Å². The smallest absolute Gasteiger partial charge is 0.195 e. The standard InChI is InChI=1S/C11H14ClN3S.BrH/c12-10-9(8-14-4-2-1-3-5-14)13-11-15(10)6-7-16-11;/h6-7H,1-5,8H2;1H. The molecule has 0 radical (unpaired) electrons. The average Bonchev–Trinajstić information content (AvgIpc) is 2.86. The summed E-state index contributed by atoms with van der Waals surface area (Å²) in [6, 6.07) is 0. The maximum Gasteiger partial charge on any atom is 0.195 e. The molecule has 2 aromatic rings. The van der Waals surface area contributed by atoms with Gasteiger partial charge in [0.15, 0.2) is 4.96 Å². The van der Waals surface area contributed by atoms with Gasteiger partial charge in [0.05, 0.1) is 5.69 Å². The van der Waals surface area contributed by atoms with Gasteiger partial charge >= 0.3 is 0 Å². The Morgan fingerprint density at radius 2 is 2.06 bits per heavy atom. The van der Waals surface area contributed by atoms with Crippen molar-refractivity contribution < 1.29 is 0 Å². The molecular formula is C11H15BrClN3S. The van der Waals surface area contributed by atoms with Crippen molar-refractivity contribution in [1.29, 1.82) is 0 Å². The summed E-state index contributed by atoms with van der Waals surface area (Å²) >= 11 is 7.93. The summed E-state index contributed by atoms with van der Waals surface area (Å²) in [4.78, 5) is 8.02. The highest BCUT2D eigenvalue weighted by molar-refractivity contribution is 8.93. The average molecular weight is 337 g/mol. The largest absolute Gasteiger partial charge is 0.297 e. The van der Waals surface area contributed by atoms with Gasteiger partial charge in [0.25, 0.3) is 0 Å². The van der Waals surface area contributed by atoms with Gasteiger partial charge < -0.3 is 0 Å². The van der Waals surface area contributed by atoms with E-state index in [1.807, 2.05) is 16.0 Å². The van der Waals surface area contributed by atoms with Gasteiger partial charge in [-0.1, -0.05) is 18.0 Å². The normalized spacial score (nSPS) is 17.2. The first-order valence-corrected chi connectivity index (χ1v) is 6.92. The predicted molar refractivity (Wildman–Crippen MR) is 77.5 cm³/mol. The van der Waals surface area contributed by atoms with Crippen molar-refractivity contribution in [3.8, 4) is 0 Å². The molecule has 0 saturated carbocycles. The lowest BCUT2D eigenvalue weighted by Crippen LogP contribution is -2.29. The second-order valence-corrected chi connectivity index (χ2v) is 5.47. The molecule has 0 amide bonds. The monoisotopic (exact) mass is 335 g/mol. The fourth-order valence-corrected chi connectivity index (χ4v) is 3.25. The molecule has 0 atom stereocenters. The maximum absolute atomic E-state index is 6.30. The molecule has 0 unspecified atom stereocenters. The van der Waals surface area contributed by atoms with Crippen LogP contribution in [0, 0.1) is 0 Å². The molecule has 3 nitrogen and oxygen atoms in total. The number of thiazole rings is 1. The van der Waals surface area contributed by atoms with Gasteiger partial charge in [-0.15, -0.1) is 28.3 Å². The Morgan fingerprint density at radius 1 is 1.29 bits per heavy atom. The van der Waals surface area contributed by atoms with Gasteiger partial charge in [-0.05, 0) is 25.9 Å². The van der Waals surface area contributed by atoms with Crippen LogP contribution in [0.1, 0.15) is 25.0 Å². The second kappa shape index (κ2) is 5.69. The molecular weight excluding hydrogens is 322 g/mol. The number of likely N-dealkylation sites (tertiary alicyclic amines) is 1. The van der Waals surface area contributed by atoms with Crippen molar-refractivity contribution in [3.63, 3.8) is 0 Å². The van der Waals surface area contributed by atoms with E-state index < -0.39 is 0 Å². The number of halogens is 2. The van der Waals surface area contributed by atoms with Gasteiger partial charge in [-0.3, -0.25) is 9.30 Å². The molecule has 0 aliphatic carbocycles. The van der Waals surface area contributed by atoms with Crippen molar-refractivity contribution in [1.82, 2.24) is 14.3 Å². The number of nitrogens with zero attached hydrogens (tertiary/aromatic N) is 3. The summed E-state index contributed by atoms with van der Waals surface area (Å²) in [6.07, 6.45) is 5.96. The Labute approximate surface area is 120 Å². The summed E-state index contributed by atoms with van der Waals surface area (Å²) in [6.45, 7) is 3.26. The van der Waals surface area contributed by atoms with E-state index in [9.17, 15) is 0 Å². The Balaban J connectivity index is 0.00000108. The third-order valence-corrected chi connectivity index (χ3v) is 4.25. The van der Waals surface area contributed by atoms with Crippen molar-refractivity contribution in [2.24, 2.45) is 0 Å². The summed E-state index contributed by atoms with van der Waals surface area (Å²) < 4.78 is 1.96. The number of piperidine rings is 1. The molecule has 3 rings (SSSR count). The molecule has 1 aliphatic rings. The minimum absolute atomic E-state index is 0. The topological polar surface area (TPSA) is 20.5 Å². The summed E-state index contributed by atoms with van der Waals surface area (Å²) in [5.74, 6) is 0. The third kappa shape index (κ3) is 2.67. The zero-order chi connectivity index (χ0) is 11.0. The van der Waals surface area contributed by atoms with Crippen molar-refractivity contribution in [2.45, 2.75) is 25.8 Å². The molecule has 1 fully saturated rings. The number of imidazole rings is 1. The van der Waals surface area contributed by atoms with Crippen LogP contribution < -0.4 is 0 Å². The third-order valence-electron chi connectivity index (χ3n) is 3.09. The fraction of sp³-hybridized carbons (Fsp3) is 0.545. The zero-order valence-corrected chi connectivity index (χ0v) is 12.7. The van der Waals surface area contributed by atoms with Crippen LogP contribution in [0.3, 0.4) is 0 Å². The number of hydrogen-bond acceptors (Lipinski definition) is 3. The van der Waals surface area contributed by atoms with Gasteiger partial charge in [0, 0.05) is 18.1 Å². The van der Waals surface area contributed by atoms with Crippen LogP contribution in [0.5, 0.6) is 0 Å². The van der Waals surface area contributed by atoms with Crippen LogP contribution in [0.2, 0.25) is 5.15 Å². The Kier molecular flexibility index (Phi) is 4.47. The maximum atomic E-state index is 6.30. The summed E-state index contributed by atoms with van der Waals surface area (Å²) in [5, 5.41) is 2.79. The lowest BCUT2D eigenvalue weighted by atomic mass is 10.1. The predicted octanol–water partition coefficient (Wildman–Crippen LogP) is 3.61. The Morgan fingerprint density at radius 3 is 2.76 bits per heavy atom. The molecule has 2 aromatic heterocycles. The SMILES string of the molecule is Br.Clc1c(CN2CCCCC2)nc2sccn12. The first kappa shape index (κ1) is 13.3. The number of rotatable bonds is 2. The Bertz CT molecular complexity index is 490. The van der Waals surface area contributed by atoms with Crippen LogP contribution in [-0.4, -0.2) is 27.4 Å². The molecule has 0 bridgehead atoms. The fourth-order valence-electron chi connectivity index (χ4n) is 2.23. The first-order valence-electron chi connectivity index (χ1n) is 5.67. The van der Waals surface area contributed by atoms with E-state index in [2.05, 4.69) is 9.88 Å². The lowest BCUT2D eigenvalue weighted by molar-refractivity contribution is 0.219. The first-order chi connectivity index (χ1) is 7.84. The van der Waals surface area contributed by atoms with E-state index >= 15 is 0 Å². The lowest BCUT2D eigenvalue weighted by Gasteiger charge is -2.25. The van der Waals surface area contributed by atoms with Gasteiger partial charge in [-0.2, -0.15) is 0 Å². The van der Waals surface area contributed by atoms with Gasteiger partial charge in [0.1, 0.15) is 5.15 Å². The van der Waals surface area contributed by atoms with Crippen LogP contribution in [0.4, 0.5) is 0 Å². The number of aromatic nitrogens is 2. The number of fused-ring (bicyclic) bond motifs is 1. The van der Waals surface area contributed by atoms with Crippen LogP contribution in [0.15, 0.2) is 11.6 Å². The van der Waals surface area contributed by atoms with Gasteiger partial charge in [0.2, 0.25) is 0 Å². The number of hydrogen-bond donors (Lipinski definition) is 0. The highest BCUT2D eigenvalue weighted by atomic mass is 79.9.